The maximum absolute atomic E-state index is 14.7. The average Bonchev–Trinajstić information content (AvgIpc) is 1.61. The number of primary amides is 1. The summed E-state index contributed by atoms with van der Waals surface area (Å²) < 4.78 is 5.78. The van der Waals surface area contributed by atoms with Crippen molar-refractivity contribution in [2.24, 2.45) is 64.2 Å². The van der Waals surface area contributed by atoms with E-state index in [2.05, 4.69) is 95.7 Å². The van der Waals surface area contributed by atoms with E-state index in [4.69, 9.17) is 55.0 Å². The molecule has 0 spiro atoms. The lowest BCUT2D eigenvalue weighted by Gasteiger charge is -2.29. The molecule has 3 rings (SSSR count). The van der Waals surface area contributed by atoms with E-state index in [0.717, 1.165) is 22.3 Å². The van der Waals surface area contributed by atoms with Crippen LogP contribution in [0.4, 0.5) is 4.79 Å². The number of guanidine groups is 4. The first-order valence-electron chi connectivity index (χ1n) is 44.4. The number of hydrogen-bond acceptors (Lipinski definition) is 21. The molecule has 131 heavy (non-hydrogen) atoms. The number of carbonyl (C=O) groups is 16. The van der Waals surface area contributed by atoms with Gasteiger partial charge in [0.25, 0.3) is 0 Å². The van der Waals surface area contributed by atoms with Gasteiger partial charge in [-0.3, -0.25) is 88.8 Å². The normalized spacial score (nSPS) is 14.7. The SMILES string of the molecule is CC[C@H](C)[C@H](NC(=O)[C@H](C)NC(=O)[C@@H](NC(=O)[C@H](C)NC(=O)[C@H](CC(C)C)NC(=O)[C@H](CC(C)C)NC(=O)[C@H](CC(C)C)NC(=O)[C@H](CC(N)=O)NC(=O)CNC(=O)[C@H](CCCNC(=N)N)NC(=O)[C@H](CCCNC(=N)N)NC(=O)[C@H](CCCNC(=N)N)NC(=O)[C@H](CCCNC(=N)N)NC(=O)OCC1c2ccccc2-c2ccccc21)C(C)C)C(=O)N[C@@H](CC(C)C)C(=O)O. The summed E-state index contributed by atoms with van der Waals surface area (Å²) in [6.07, 6.45) is -1.77. The maximum Gasteiger partial charge on any atom is 0.407 e. The lowest BCUT2D eigenvalue weighted by molar-refractivity contribution is -0.143. The number of nitrogens with two attached hydrogens (primary N) is 5. The van der Waals surface area contributed by atoms with Crippen LogP contribution in [0.15, 0.2) is 48.5 Å². The molecule has 0 saturated heterocycles. The molecule has 1 aliphatic carbocycles. The van der Waals surface area contributed by atoms with E-state index < -0.39 is 216 Å². The number of carbonyl (C=O) groups excluding carboxylic acids is 15. The smallest absolute Gasteiger partial charge is 0.407 e. The third-order valence-corrected chi connectivity index (χ3v) is 21.2. The Labute approximate surface area is 764 Å². The van der Waals surface area contributed by atoms with Crippen LogP contribution in [-0.4, -0.2) is 242 Å². The quantitative estimate of drug-likeness (QED) is 0.0189. The molecule has 15 amide bonds. The van der Waals surface area contributed by atoms with E-state index in [9.17, 15) is 81.8 Å². The van der Waals surface area contributed by atoms with Gasteiger partial charge in [0.2, 0.25) is 82.7 Å². The van der Waals surface area contributed by atoms with Crippen LogP contribution < -0.4 is 124 Å². The van der Waals surface area contributed by atoms with Gasteiger partial charge in [0.1, 0.15) is 85.2 Å². The number of nitrogens with one attached hydrogen (secondary N) is 22. The summed E-state index contributed by atoms with van der Waals surface area (Å²) in [6, 6.07) is -2.94. The number of aliphatic carboxylic acids is 1. The molecule has 730 valence electrons. The zero-order valence-corrected chi connectivity index (χ0v) is 77.6. The molecule has 33 N–H and O–H groups in total. The van der Waals surface area contributed by atoms with Crippen molar-refractivity contribution in [1.82, 2.24) is 95.7 Å². The molecular formula is C86H143N27O18. The molecule has 0 unspecified atom stereocenters. The van der Waals surface area contributed by atoms with Crippen LogP contribution in [0.3, 0.4) is 0 Å². The average molecular weight is 1840 g/mol. The molecule has 2 aromatic rings. The van der Waals surface area contributed by atoms with Gasteiger partial charge >= 0.3 is 12.1 Å². The molecule has 45 nitrogen and oxygen atoms in total. The third-order valence-electron chi connectivity index (χ3n) is 21.2. The van der Waals surface area contributed by atoms with Gasteiger partial charge in [0, 0.05) is 32.1 Å². The molecule has 14 atom stereocenters. The fourth-order valence-electron chi connectivity index (χ4n) is 14.2. The first kappa shape index (κ1) is 112. The Morgan fingerprint density at radius 1 is 0.359 bits per heavy atom. The maximum atomic E-state index is 14.7. The number of amides is 15. The molecule has 0 aromatic heterocycles. The predicted octanol–water partition coefficient (Wildman–Crippen LogP) is -2.23. The topological polar surface area (TPSA) is 745 Å². The molecule has 0 fully saturated rings. The van der Waals surface area contributed by atoms with Crippen LogP contribution in [0.25, 0.3) is 11.1 Å². The summed E-state index contributed by atoms with van der Waals surface area (Å²) in [5, 5.41) is 87.1. The third kappa shape index (κ3) is 41.4. The fourth-order valence-corrected chi connectivity index (χ4v) is 14.2. The highest BCUT2D eigenvalue weighted by molar-refractivity contribution is 6.01. The Bertz CT molecular complexity index is 4220. The summed E-state index contributed by atoms with van der Waals surface area (Å²) in [5.41, 5.74) is 31.6. The van der Waals surface area contributed by atoms with Crippen LogP contribution in [-0.2, 0) is 76.7 Å². The van der Waals surface area contributed by atoms with Crippen molar-refractivity contribution in [1.29, 1.82) is 21.6 Å². The monoisotopic (exact) mass is 1840 g/mol. The first-order valence-corrected chi connectivity index (χ1v) is 44.4. The number of benzene rings is 2. The van der Waals surface area contributed by atoms with Gasteiger partial charge in [-0.1, -0.05) is 138 Å². The van der Waals surface area contributed by atoms with E-state index in [1.54, 1.807) is 83.1 Å². The standard InChI is InChI=1S/C86H143N27O18/c1-15-48(12)68(80(127)110-64(81(128)129)39-46(8)9)113-70(117)50(14)102-79(126)67(47(10)11)112-69(116)49(13)101-75(122)60(36-43(2)3)107-76(123)61(37-44(4)5)108-77(124)62(38-45(6)7)109-78(125)63(40-65(87)114)103-66(115)41-100-71(118)56(28-20-32-96-82(88)89)104-72(119)57(29-21-33-97-83(90)91)105-73(120)58(30-22-34-98-84(92)93)106-74(121)59(31-23-35-99-85(94)95)111-86(130)131-42-55-53-26-18-16-24-51(53)52-25-17-19-27-54(52)55/h16-19,24-27,43-50,55-64,67-68H,15,20-23,28-42H2,1-14H3,(H2,87,114)(H,100,118)(H,101,122)(H,102,126)(H,103,115)(H,104,119)(H,105,120)(H,106,121)(H,107,123)(H,108,124)(H,109,125)(H,110,127)(H,111,130)(H,112,116)(H,113,117)(H,128,129)(H4,88,89,96)(H4,90,91,97)(H4,92,93,98)(H4,94,95,99)/t48-,49-,50-,56-,57-,58-,59-,60-,61-,62-,63-,64-,67-,68-/m0/s1. The van der Waals surface area contributed by atoms with Crippen molar-refractivity contribution in [3.05, 3.63) is 59.7 Å². The number of carboxylic acid groups (broad SMARTS) is 1. The van der Waals surface area contributed by atoms with Gasteiger partial charge in [-0.05, 0) is 149 Å². The van der Waals surface area contributed by atoms with Gasteiger partial charge in [0.15, 0.2) is 23.8 Å². The van der Waals surface area contributed by atoms with Gasteiger partial charge in [-0.2, -0.15) is 0 Å². The predicted molar refractivity (Wildman–Crippen MR) is 490 cm³/mol. The van der Waals surface area contributed by atoms with Crippen LogP contribution in [0.1, 0.15) is 204 Å². The first-order chi connectivity index (χ1) is 61.5. The zero-order valence-electron chi connectivity index (χ0n) is 77.6. The lowest BCUT2D eigenvalue weighted by atomic mass is 9.96. The van der Waals surface area contributed by atoms with Crippen molar-refractivity contribution >= 4 is 119 Å². The molecule has 0 heterocycles. The molecule has 2 aromatic carbocycles. The molecule has 0 aliphatic heterocycles. The Morgan fingerprint density at radius 2 is 0.672 bits per heavy atom. The van der Waals surface area contributed by atoms with E-state index >= 15 is 0 Å². The highest BCUT2D eigenvalue weighted by Crippen LogP contribution is 2.44. The van der Waals surface area contributed by atoms with E-state index in [-0.39, 0.29) is 145 Å². The van der Waals surface area contributed by atoms with E-state index in [0.29, 0.717) is 6.42 Å². The zero-order chi connectivity index (χ0) is 98.6. The Morgan fingerprint density at radius 3 is 1.03 bits per heavy atom. The fraction of sp³-hybridized carbons (Fsp3) is 0.628. The Kier molecular flexibility index (Phi) is 48.7. The number of ether oxygens (including phenoxy) is 1. The molecule has 1 aliphatic rings. The summed E-state index contributed by atoms with van der Waals surface area (Å²) in [6.45, 7) is 22.5. The minimum Gasteiger partial charge on any atom is -0.480 e. The van der Waals surface area contributed by atoms with Gasteiger partial charge in [0.05, 0.1) is 13.0 Å². The number of alkyl carbamates (subject to hydrolysis) is 1. The van der Waals surface area contributed by atoms with E-state index in [1.165, 1.54) is 13.8 Å². The number of carboxylic acids is 1. The molecule has 0 saturated carbocycles. The van der Waals surface area contributed by atoms with E-state index in [1.807, 2.05) is 48.5 Å². The Balaban J connectivity index is 1.87. The highest BCUT2D eigenvalue weighted by Gasteiger charge is 2.39. The minimum atomic E-state index is -1.81. The summed E-state index contributed by atoms with van der Waals surface area (Å²) in [7, 11) is 0. The second kappa shape index (κ2) is 57.0. The van der Waals surface area contributed by atoms with Gasteiger partial charge in [-0.15, -0.1) is 0 Å². The minimum absolute atomic E-state index is 0.00667. The lowest BCUT2D eigenvalue weighted by Crippen LogP contribution is -2.61. The van der Waals surface area contributed by atoms with Crippen LogP contribution >= 0.6 is 0 Å². The largest absolute Gasteiger partial charge is 0.480 e. The second-order valence-electron chi connectivity index (χ2n) is 34.8. The highest BCUT2D eigenvalue weighted by atomic mass is 16.5. The van der Waals surface area contributed by atoms with Gasteiger partial charge in [-0.25, -0.2) is 9.59 Å². The number of rotatable bonds is 59. The Hall–Kier alpha value is -13.2. The van der Waals surface area contributed by atoms with Crippen molar-refractivity contribution in [3.63, 3.8) is 0 Å². The molecule has 0 radical (unpaired) electrons. The summed E-state index contributed by atoms with van der Waals surface area (Å²) >= 11 is 0. The molecular weight excluding hydrogens is 1700 g/mol. The van der Waals surface area contributed by atoms with Crippen molar-refractivity contribution < 1.29 is 86.6 Å². The van der Waals surface area contributed by atoms with Crippen LogP contribution in [0.2, 0.25) is 0 Å². The number of fused-ring (bicyclic) bond motifs is 3. The van der Waals surface area contributed by atoms with Crippen molar-refractivity contribution in [2.75, 3.05) is 39.3 Å². The number of hydrogen-bond donors (Lipinski definition) is 28. The molecule has 0 bridgehead atoms. The van der Waals surface area contributed by atoms with Crippen LogP contribution in [0.5, 0.6) is 0 Å². The molecule has 45 heteroatoms. The second-order valence-corrected chi connectivity index (χ2v) is 34.8. The van der Waals surface area contributed by atoms with Crippen molar-refractivity contribution in [3.8, 4) is 11.1 Å². The summed E-state index contributed by atoms with van der Waals surface area (Å²) in [5.74, 6) is -18.1. The van der Waals surface area contributed by atoms with Gasteiger partial charge < -0.3 is 134 Å². The summed E-state index contributed by atoms with van der Waals surface area (Å²) in [4.78, 5) is 223. The van der Waals surface area contributed by atoms with Crippen molar-refractivity contribution in [2.45, 2.75) is 271 Å². The van der Waals surface area contributed by atoms with Crippen LogP contribution in [0, 0.1) is 57.1 Å².